The van der Waals surface area contributed by atoms with Gasteiger partial charge in [0.05, 0.1) is 7.11 Å². The lowest BCUT2D eigenvalue weighted by atomic mass is 10.3. The fourth-order valence-corrected chi connectivity index (χ4v) is 0.671. The zero-order valence-corrected chi connectivity index (χ0v) is 8.67. The molecule has 0 fully saturated rings. The molecule has 0 aliphatic rings. The molecule has 0 rings (SSSR count). The Hall–Kier alpha value is -1.10. The molecule has 0 heterocycles. The van der Waals surface area contributed by atoms with Crippen LogP contribution in [0, 0.1) is 0 Å². The highest BCUT2D eigenvalue weighted by molar-refractivity contribution is 6.37. The van der Waals surface area contributed by atoms with Crippen molar-refractivity contribution in [3.05, 3.63) is 10.8 Å². The van der Waals surface area contributed by atoms with Crippen molar-refractivity contribution < 1.29 is 19.4 Å². The van der Waals surface area contributed by atoms with Crippen LogP contribution < -0.4 is 0 Å². The van der Waals surface area contributed by atoms with Crippen LogP contribution in [0.15, 0.2) is 10.8 Å². The molecule has 4 nitrogen and oxygen atoms in total. The molecule has 0 saturated heterocycles. The largest absolute Gasteiger partial charge is 0.478 e. The summed E-state index contributed by atoms with van der Waals surface area (Å²) in [6, 6.07) is 0. The van der Waals surface area contributed by atoms with Gasteiger partial charge in [-0.15, -0.1) is 0 Å². The Morgan fingerprint density at radius 3 is 2.18 bits per heavy atom. The van der Waals surface area contributed by atoms with E-state index in [9.17, 15) is 9.59 Å². The third kappa shape index (κ3) is 2.54. The number of rotatable bonds is 2. The molecule has 0 aliphatic carbocycles. The second-order valence-electron chi connectivity index (χ2n) is 2.05. The first-order valence-electron chi connectivity index (χ1n) is 2.99. The van der Waals surface area contributed by atoms with Gasteiger partial charge in [-0.1, -0.05) is 0 Å². The van der Waals surface area contributed by atoms with Crippen molar-refractivity contribution >= 4 is 22.2 Å². The van der Waals surface area contributed by atoms with Gasteiger partial charge < -0.3 is 9.84 Å². The summed E-state index contributed by atoms with van der Waals surface area (Å²) in [6.07, 6.45) is 0. The van der Waals surface area contributed by atoms with Crippen LogP contribution in [-0.4, -0.2) is 34.4 Å². The highest BCUT2D eigenvalue weighted by Gasteiger charge is 2.11. The number of carbonyl (C=O) groups is 2. The molecule has 62 valence electrons. The van der Waals surface area contributed by atoms with Gasteiger partial charge >= 0.3 is 11.9 Å². The van der Waals surface area contributed by atoms with Gasteiger partial charge in [-0.05, 0) is 6.92 Å². The molecule has 0 aromatic rings. The highest BCUT2D eigenvalue weighted by atomic mass is 28.1. The molecular formula is C6H10O4Si. The topological polar surface area (TPSA) is 63.6 Å². The van der Waals surface area contributed by atoms with Crippen LogP contribution >= 0.6 is 0 Å². The summed E-state index contributed by atoms with van der Waals surface area (Å²) in [5.41, 5.74) is 0.187. The number of aliphatic carboxylic acids is 1. The summed E-state index contributed by atoms with van der Waals surface area (Å²) in [5.74, 6) is -1.61. The van der Waals surface area contributed by atoms with Crippen LogP contribution in [0.3, 0.4) is 0 Å². The molecule has 5 heteroatoms. The summed E-state index contributed by atoms with van der Waals surface area (Å²) in [7, 11) is 1.56. The van der Waals surface area contributed by atoms with Crippen molar-refractivity contribution in [3.8, 4) is 0 Å². The van der Waals surface area contributed by atoms with Gasteiger partial charge in [0, 0.05) is 21.0 Å². The lowest BCUT2D eigenvalue weighted by Gasteiger charge is -2.00. The van der Waals surface area contributed by atoms with Crippen molar-refractivity contribution in [2.45, 2.75) is 6.92 Å². The standard InChI is InChI=1S/C6H10O4Si/c1-3(6(9)10-2)4(11)5(7)8/h1-2,11H3,(H,7,8)/b4-3+. The first-order chi connectivity index (χ1) is 5.00. The number of carboxylic acid groups (broad SMARTS) is 1. The minimum Gasteiger partial charge on any atom is -0.478 e. The van der Waals surface area contributed by atoms with Crippen molar-refractivity contribution in [3.63, 3.8) is 0 Å². The summed E-state index contributed by atoms with van der Waals surface area (Å²) < 4.78 is 4.35. The SMILES string of the molecule is COC(=O)/C(C)=C(/[SiH3])C(=O)O. The first kappa shape index (κ1) is 9.90. The van der Waals surface area contributed by atoms with E-state index < -0.39 is 11.9 Å². The van der Waals surface area contributed by atoms with Crippen molar-refractivity contribution in [1.29, 1.82) is 0 Å². The van der Waals surface area contributed by atoms with Crippen molar-refractivity contribution in [2.75, 3.05) is 7.11 Å². The maximum absolute atomic E-state index is 10.7. The van der Waals surface area contributed by atoms with Gasteiger partial charge in [0.25, 0.3) is 0 Å². The normalized spacial score (nSPS) is 12.2. The lowest BCUT2D eigenvalue weighted by molar-refractivity contribution is -0.137. The molecule has 0 aliphatic heterocycles. The van der Waals surface area contributed by atoms with Gasteiger partial charge in [-0.3, -0.25) is 0 Å². The van der Waals surface area contributed by atoms with Gasteiger partial charge in [-0.2, -0.15) is 0 Å². The van der Waals surface area contributed by atoms with E-state index in [-0.39, 0.29) is 10.8 Å². The molecule has 0 radical (unpaired) electrons. The molecule has 0 aromatic heterocycles. The number of hydrogen-bond donors (Lipinski definition) is 1. The number of methoxy groups -OCH3 is 1. The van der Waals surface area contributed by atoms with Crippen LogP contribution in [0.2, 0.25) is 0 Å². The van der Waals surface area contributed by atoms with Crippen molar-refractivity contribution in [2.24, 2.45) is 0 Å². The van der Waals surface area contributed by atoms with Crippen molar-refractivity contribution in [1.82, 2.24) is 0 Å². The van der Waals surface area contributed by atoms with Crippen LogP contribution in [0.1, 0.15) is 6.92 Å². The third-order valence-electron chi connectivity index (χ3n) is 1.37. The second kappa shape index (κ2) is 3.92. The zero-order chi connectivity index (χ0) is 9.02. The molecule has 0 spiro atoms. The number of carboxylic acids is 1. The third-order valence-corrected chi connectivity index (χ3v) is 2.55. The van der Waals surface area contributed by atoms with E-state index in [4.69, 9.17) is 5.11 Å². The van der Waals surface area contributed by atoms with E-state index in [1.54, 1.807) is 0 Å². The Kier molecular flexibility index (Phi) is 3.53. The first-order valence-corrected chi connectivity index (χ1v) is 3.99. The van der Waals surface area contributed by atoms with Gasteiger partial charge in [0.15, 0.2) is 0 Å². The van der Waals surface area contributed by atoms with E-state index in [1.165, 1.54) is 14.0 Å². The number of hydrogen-bond acceptors (Lipinski definition) is 3. The quantitative estimate of drug-likeness (QED) is 0.327. The molecule has 0 saturated carbocycles. The fraction of sp³-hybridized carbons (Fsp3) is 0.333. The van der Waals surface area contributed by atoms with Gasteiger partial charge in [0.1, 0.15) is 0 Å². The molecule has 0 unspecified atom stereocenters. The van der Waals surface area contributed by atoms with E-state index >= 15 is 0 Å². The fourth-order valence-electron chi connectivity index (χ4n) is 0.467. The number of carbonyl (C=O) groups excluding carboxylic acids is 1. The van der Waals surface area contributed by atoms with E-state index in [0.717, 1.165) is 0 Å². The smallest absolute Gasteiger partial charge is 0.333 e. The lowest BCUT2D eigenvalue weighted by Crippen LogP contribution is -2.10. The average Bonchev–Trinajstić information content (AvgIpc) is 2.00. The Morgan fingerprint density at radius 1 is 1.45 bits per heavy atom. The zero-order valence-electron chi connectivity index (χ0n) is 6.67. The minimum absolute atomic E-state index is 0.150. The predicted octanol–water partition coefficient (Wildman–Crippen LogP) is -1.12. The molecule has 0 aromatic carbocycles. The Morgan fingerprint density at radius 2 is 1.91 bits per heavy atom. The summed E-state index contributed by atoms with van der Waals surface area (Å²) in [5, 5.41) is 8.62. The maximum atomic E-state index is 10.7. The molecular weight excluding hydrogens is 164 g/mol. The molecule has 11 heavy (non-hydrogen) atoms. The summed E-state index contributed by atoms with van der Waals surface area (Å²) in [4.78, 5) is 21.1. The van der Waals surface area contributed by atoms with Gasteiger partial charge in [0.2, 0.25) is 0 Å². The van der Waals surface area contributed by atoms with E-state index in [2.05, 4.69) is 4.74 Å². The molecule has 0 bridgehead atoms. The average molecular weight is 174 g/mol. The van der Waals surface area contributed by atoms with Crippen LogP contribution in [0.5, 0.6) is 0 Å². The molecule has 0 amide bonds. The van der Waals surface area contributed by atoms with Crippen LogP contribution in [0.4, 0.5) is 0 Å². The second-order valence-corrected chi connectivity index (χ2v) is 3.05. The summed E-state index contributed by atoms with van der Waals surface area (Å²) in [6.45, 7) is 1.45. The Labute approximate surface area is 67.3 Å². The highest BCUT2D eigenvalue weighted by Crippen LogP contribution is 2.01. The molecule has 1 N–H and O–H groups in total. The monoisotopic (exact) mass is 174 g/mol. The Balaban J connectivity index is 4.66. The predicted molar refractivity (Wildman–Crippen MR) is 42.3 cm³/mol. The minimum atomic E-state index is -1.04. The van der Waals surface area contributed by atoms with E-state index in [1.807, 2.05) is 0 Å². The number of ether oxygens (including phenoxy) is 1. The summed E-state index contributed by atoms with van der Waals surface area (Å²) >= 11 is 0. The molecule has 0 atom stereocenters. The Bertz CT molecular complexity index is 219. The maximum Gasteiger partial charge on any atom is 0.333 e. The van der Waals surface area contributed by atoms with Crippen LogP contribution in [0.25, 0.3) is 0 Å². The van der Waals surface area contributed by atoms with E-state index in [0.29, 0.717) is 10.2 Å². The number of esters is 1. The van der Waals surface area contributed by atoms with Gasteiger partial charge in [-0.25, -0.2) is 9.59 Å². The van der Waals surface area contributed by atoms with Crippen LogP contribution in [-0.2, 0) is 14.3 Å².